The lowest BCUT2D eigenvalue weighted by molar-refractivity contribution is 0.0699. The van der Waals surface area contributed by atoms with Crippen molar-refractivity contribution in [1.29, 1.82) is 0 Å². The van der Waals surface area contributed by atoms with Crippen LogP contribution in [0.1, 0.15) is 57.8 Å². The van der Waals surface area contributed by atoms with E-state index in [1.807, 2.05) is 30.3 Å². The van der Waals surface area contributed by atoms with Crippen LogP contribution in [0.5, 0.6) is 0 Å². The van der Waals surface area contributed by atoms with E-state index in [0.29, 0.717) is 16.6 Å². The monoisotopic (exact) mass is 327 g/mol. The summed E-state index contributed by atoms with van der Waals surface area (Å²) in [4.78, 5) is 10.8. The normalized spacial score (nSPS) is 19.4. The number of nitrogens with one attached hydrogen (secondary N) is 1. The molecular formula is C21H29NO2. The van der Waals surface area contributed by atoms with Crippen molar-refractivity contribution in [1.82, 2.24) is 5.32 Å². The topological polar surface area (TPSA) is 49.3 Å². The molecule has 2 aromatic rings. The lowest BCUT2D eigenvalue weighted by atomic mass is 9.77. The van der Waals surface area contributed by atoms with E-state index >= 15 is 0 Å². The first-order valence-electron chi connectivity index (χ1n) is 8.60. The molecule has 1 saturated heterocycles. The summed E-state index contributed by atoms with van der Waals surface area (Å²) in [7, 11) is 0. The Bertz CT molecular complexity index is 697. The predicted molar refractivity (Wildman–Crippen MR) is 101 cm³/mol. The van der Waals surface area contributed by atoms with E-state index in [0.717, 1.165) is 16.7 Å². The van der Waals surface area contributed by atoms with Crippen LogP contribution in [0.15, 0.2) is 42.5 Å². The summed E-state index contributed by atoms with van der Waals surface area (Å²) in [5.74, 6) is -0.0157. The molecule has 0 spiro atoms. The fourth-order valence-corrected chi connectivity index (χ4v) is 4.24. The molecular weight excluding hydrogens is 298 g/mol. The van der Waals surface area contributed by atoms with Gasteiger partial charge in [0, 0.05) is 11.1 Å². The maximum atomic E-state index is 10.8. The zero-order valence-corrected chi connectivity index (χ0v) is 15.4. The molecule has 0 aliphatic carbocycles. The number of carboxylic acids is 1. The van der Waals surface area contributed by atoms with Gasteiger partial charge in [0.05, 0.1) is 5.56 Å². The first-order valence-corrected chi connectivity index (χ1v) is 8.60. The lowest BCUT2D eigenvalue weighted by Crippen LogP contribution is -2.57. The number of carboxylic acid groups (broad SMARTS) is 1. The van der Waals surface area contributed by atoms with Gasteiger partial charge in [-0.05, 0) is 63.3 Å². The number of aromatic carboxylic acids is 1. The number of hydrogen-bond acceptors (Lipinski definition) is 2. The molecule has 1 fully saturated rings. The minimum Gasteiger partial charge on any atom is -0.478 e. The largest absolute Gasteiger partial charge is 0.478 e. The first-order chi connectivity index (χ1) is 11.1. The molecule has 2 N–H and O–H groups in total. The van der Waals surface area contributed by atoms with E-state index in [4.69, 9.17) is 5.11 Å². The molecule has 1 heterocycles. The Labute approximate surface area is 145 Å². The van der Waals surface area contributed by atoms with Crippen molar-refractivity contribution < 1.29 is 9.90 Å². The van der Waals surface area contributed by atoms with Crippen LogP contribution in [0.25, 0.3) is 10.8 Å². The average Bonchev–Trinajstić information content (AvgIpc) is 2.43. The van der Waals surface area contributed by atoms with Gasteiger partial charge >= 0.3 is 5.97 Å². The predicted octanol–water partition coefficient (Wildman–Crippen LogP) is 5.10. The van der Waals surface area contributed by atoms with Crippen LogP contribution in [-0.2, 0) is 0 Å². The zero-order valence-electron chi connectivity index (χ0n) is 15.4. The van der Waals surface area contributed by atoms with Gasteiger partial charge in [0.2, 0.25) is 0 Å². The van der Waals surface area contributed by atoms with Crippen LogP contribution in [-0.4, -0.2) is 22.2 Å². The highest BCUT2D eigenvalue weighted by molar-refractivity contribution is 6.03. The SMILES string of the molecule is CC1CC(C)(C)NC(C)(C)C1.O=C(O)c1cccc2ccccc12. The number of hydrogen-bond donors (Lipinski definition) is 2. The van der Waals surface area contributed by atoms with Gasteiger partial charge in [-0.1, -0.05) is 43.3 Å². The van der Waals surface area contributed by atoms with Gasteiger partial charge in [-0.3, -0.25) is 0 Å². The van der Waals surface area contributed by atoms with Crippen molar-refractivity contribution >= 4 is 16.7 Å². The van der Waals surface area contributed by atoms with Crippen LogP contribution >= 0.6 is 0 Å². The van der Waals surface area contributed by atoms with Crippen molar-refractivity contribution in [2.75, 3.05) is 0 Å². The summed E-state index contributed by atoms with van der Waals surface area (Å²) in [6.45, 7) is 11.5. The zero-order chi connectivity index (χ0) is 18.0. The van der Waals surface area contributed by atoms with Crippen molar-refractivity contribution in [3.63, 3.8) is 0 Å². The molecule has 3 rings (SSSR count). The summed E-state index contributed by atoms with van der Waals surface area (Å²) in [6.07, 6.45) is 2.60. The molecule has 1 aliphatic heterocycles. The maximum absolute atomic E-state index is 10.8. The summed E-state index contributed by atoms with van der Waals surface area (Å²) >= 11 is 0. The second-order valence-electron chi connectivity index (χ2n) is 8.24. The molecule has 0 aromatic heterocycles. The number of fused-ring (bicyclic) bond motifs is 1. The molecule has 1 aliphatic rings. The number of benzene rings is 2. The van der Waals surface area contributed by atoms with Crippen molar-refractivity contribution in [2.24, 2.45) is 5.92 Å². The quantitative estimate of drug-likeness (QED) is 0.766. The van der Waals surface area contributed by atoms with Crippen LogP contribution in [0.4, 0.5) is 0 Å². The molecule has 0 unspecified atom stereocenters. The summed E-state index contributed by atoms with van der Waals surface area (Å²) in [5, 5.41) is 14.3. The second kappa shape index (κ2) is 6.94. The van der Waals surface area contributed by atoms with Gasteiger partial charge in [-0.2, -0.15) is 0 Å². The average molecular weight is 327 g/mol. The Kier molecular flexibility index (Phi) is 5.34. The molecule has 2 aromatic carbocycles. The van der Waals surface area contributed by atoms with Crippen LogP contribution in [0.2, 0.25) is 0 Å². The minimum atomic E-state index is -0.878. The number of rotatable bonds is 1. The minimum absolute atomic E-state index is 0.334. The Balaban J connectivity index is 0.000000177. The van der Waals surface area contributed by atoms with Crippen molar-refractivity contribution in [2.45, 2.75) is 58.5 Å². The number of piperidine rings is 1. The molecule has 3 heteroatoms. The van der Waals surface area contributed by atoms with Gasteiger partial charge < -0.3 is 10.4 Å². The smallest absolute Gasteiger partial charge is 0.336 e. The molecule has 0 radical (unpaired) electrons. The van der Waals surface area contributed by atoms with E-state index in [1.54, 1.807) is 12.1 Å². The highest BCUT2D eigenvalue weighted by atomic mass is 16.4. The third-order valence-electron chi connectivity index (χ3n) is 4.41. The van der Waals surface area contributed by atoms with E-state index in [-0.39, 0.29) is 0 Å². The Morgan fingerprint density at radius 3 is 2.08 bits per heavy atom. The molecule has 130 valence electrons. The third kappa shape index (κ3) is 4.81. The summed E-state index contributed by atoms with van der Waals surface area (Å²) in [5.41, 5.74) is 1.03. The highest BCUT2D eigenvalue weighted by Crippen LogP contribution is 2.32. The first kappa shape index (κ1) is 18.5. The van der Waals surface area contributed by atoms with Gasteiger partial charge in [-0.15, -0.1) is 0 Å². The summed E-state index contributed by atoms with van der Waals surface area (Å²) < 4.78 is 0. The van der Waals surface area contributed by atoms with Crippen molar-refractivity contribution in [3.05, 3.63) is 48.0 Å². The van der Waals surface area contributed by atoms with E-state index in [1.165, 1.54) is 12.8 Å². The summed E-state index contributed by atoms with van der Waals surface area (Å²) in [6, 6.07) is 12.7. The highest BCUT2D eigenvalue weighted by Gasteiger charge is 2.35. The molecule has 0 atom stereocenters. The molecule has 24 heavy (non-hydrogen) atoms. The van der Waals surface area contributed by atoms with Crippen LogP contribution in [0, 0.1) is 5.92 Å². The maximum Gasteiger partial charge on any atom is 0.336 e. The van der Waals surface area contributed by atoms with Gasteiger partial charge in [0.1, 0.15) is 0 Å². The van der Waals surface area contributed by atoms with E-state index < -0.39 is 5.97 Å². The van der Waals surface area contributed by atoms with Gasteiger partial charge in [0.25, 0.3) is 0 Å². The lowest BCUT2D eigenvalue weighted by Gasteiger charge is -2.45. The van der Waals surface area contributed by atoms with Crippen molar-refractivity contribution in [3.8, 4) is 0 Å². The van der Waals surface area contributed by atoms with E-state index in [2.05, 4.69) is 39.9 Å². The second-order valence-corrected chi connectivity index (χ2v) is 8.24. The third-order valence-corrected chi connectivity index (χ3v) is 4.41. The Morgan fingerprint density at radius 1 is 1.00 bits per heavy atom. The fourth-order valence-electron chi connectivity index (χ4n) is 4.24. The molecule has 0 amide bonds. The molecule has 0 saturated carbocycles. The van der Waals surface area contributed by atoms with Gasteiger partial charge in [0.15, 0.2) is 0 Å². The Hall–Kier alpha value is -1.87. The Morgan fingerprint density at radius 2 is 1.54 bits per heavy atom. The fraction of sp³-hybridized carbons (Fsp3) is 0.476. The standard InChI is InChI=1S/C11H8O2.C10H21N/c12-11(13)10-7-3-5-8-4-1-2-6-9(8)10;1-8-6-9(2,3)11-10(4,5)7-8/h1-7H,(H,12,13);8,11H,6-7H2,1-5H3. The van der Waals surface area contributed by atoms with E-state index in [9.17, 15) is 4.79 Å². The van der Waals surface area contributed by atoms with Crippen LogP contribution in [0.3, 0.4) is 0 Å². The van der Waals surface area contributed by atoms with Gasteiger partial charge in [-0.25, -0.2) is 4.79 Å². The molecule has 0 bridgehead atoms. The number of carbonyl (C=O) groups is 1. The molecule has 3 nitrogen and oxygen atoms in total. The van der Waals surface area contributed by atoms with Crippen LogP contribution < -0.4 is 5.32 Å².